The molecule has 0 atom stereocenters. The summed E-state index contributed by atoms with van der Waals surface area (Å²) >= 11 is 1.68. The Morgan fingerprint density at radius 3 is 3.00 bits per heavy atom. The molecule has 2 aromatic rings. The molecule has 2 heterocycles. The summed E-state index contributed by atoms with van der Waals surface area (Å²) in [6.45, 7) is 2.70. The van der Waals surface area contributed by atoms with Gasteiger partial charge >= 0.3 is 5.97 Å². The van der Waals surface area contributed by atoms with E-state index in [-0.39, 0.29) is 0 Å². The highest BCUT2D eigenvalue weighted by Gasteiger charge is 2.18. The van der Waals surface area contributed by atoms with E-state index in [1.165, 1.54) is 12.7 Å². The monoisotopic (exact) mass is 265 g/mol. The minimum Gasteiger partial charge on any atom is -0.464 e. The second-order valence-corrected chi connectivity index (χ2v) is 4.61. The molecule has 0 fully saturated rings. The Bertz CT molecular complexity index is 519. The predicted octanol–water partition coefficient (Wildman–Crippen LogP) is 1.93. The van der Waals surface area contributed by atoms with Gasteiger partial charge in [0.05, 0.1) is 12.8 Å². The van der Waals surface area contributed by atoms with Crippen LogP contribution in [0.5, 0.6) is 0 Å². The molecule has 0 amide bonds. The molecule has 0 saturated heterocycles. The van der Waals surface area contributed by atoms with Crippen molar-refractivity contribution >= 4 is 17.3 Å². The fraction of sp³-hybridized carbons (Fsp3) is 0.417. The quantitative estimate of drug-likeness (QED) is 0.775. The summed E-state index contributed by atoms with van der Waals surface area (Å²) in [5.41, 5.74) is 2.43. The zero-order valence-corrected chi connectivity index (χ0v) is 11.2. The lowest BCUT2D eigenvalue weighted by atomic mass is 10.2. The average Bonchev–Trinajstić information content (AvgIpc) is 3.03. The molecule has 2 aromatic heterocycles. The van der Waals surface area contributed by atoms with E-state index in [1.54, 1.807) is 16.0 Å². The van der Waals surface area contributed by atoms with Gasteiger partial charge in [-0.2, -0.15) is 11.3 Å². The van der Waals surface area contributed by atoms with Crippen LogP contribution in [0.3, 0.4) is 0 Å². The molecular weight excluding hydrogens is 250 g/mol. The second-order valence-electron chi connectivity index (χ2n) is 3.83. The van der Waals surface area contributed by atoms with Gasteiger partial charge in [-0.1, -0.05) is 12.1 Å². The fourth-order valence-electron chi connectivity index (χ4n) is 1.79. The first-order valence-electron chi connectivity index (χ1n) is 5.78. The molecule has 0 unspecified atom stereocenters. The van der Waals surface area contributed by atoms with Crippen LogP contribution in [0.1, 0.15) is 28.7 Å². The summed E-state index contributed by atoms with van der Waals surface area (Å²) in [6, 6.07) is 2.09. The van der Waals surface area contributed by atoms with Crippen molar-refractivity contribution in [3.05, 3.63) is 33.8 Å². The van der Waals surface area contributed by atoms with E-state index in [2.05, 4.69) is 31.9 Å². The van der Waals surface area contributed by atoms with Crippen LogP contribution in [0.25, 0.3) is 0 Å². The zero-order valence-electron chi connectivity index (χ0n) is 10.4. The molecule has 96 valence electrons. The number of nitrogens with zero attached hydrogens (tertiary/aromatic N) is 3. The van der Waals surface area contributed by atoms with Gasteiger partial charge in [-0.3, -0.25) is 0 Å². The number of hydrogen-bond donors (Lipinski definition) is 0. The van der Waals surface area contributed by atoms with Gasteiger partial charge in [0.25, 0.3) is 0 Å². The van der Waals surface area contributed by atoms with Crippen molar-refractivity contribution < 1.29 is 9.53 Å². The molecule has 18 heavy (non-hydrogen) atoms. The molecule has 0 spiro atoms. The van der Waals surface area contributed by atoms with Crippen LogP contribution >= 0.6 is 11.3 Å². The number of esters is 1. The van der Waals surface area contributed by atoms with Crippen molar-refractivity contribution in [2.75, 3.05) is 7.11 Å². The summed E-state index contributed by atoms with van der Waals surface area (Å²) in [7, 11) is 1.35. The SMILES string of the molecule is CCc1c(C(=O)OC)nnn1CCc1ccsc1. The van der Waals surface area contributed by atoms with Crippen molar-refractivity contribution in [3.8, 4) is 0 Å². The second kappa shape index (κ2) is 5.77. The van der Waals surface area contributed by atoms with E-state index in [9.17, 15) is 4.79 Å². The van der Waals surface area contributed by atoms with Gasteiger partial charge in [0, 0.05) is 6.54 Å². The van der Waals surface area contributed by atoms with E-state index in [0.29, 0.717) is 12.1 Å². The molecule has 0 saturated carbocycles. The number of carbonyl (C=O) groups is 1. The molecule has 0 N–H and O–H groups in total. The van der Waals surface area contributed by atoms with Crippen LogP contribution in [0.15, 0.2) is 16.8 Å². The predicted molar refractivity (Wildman–Crippen MR) is 68.8 cm³/mol. The van der Waals surface area contributed by atoms with Crippen LogP contribution in [-0.4, -0.2) is 28.1 Å². The third kappa shape index (κ3) is 2.59. The number of methoxy groups -OCH3 is 1. The Balaban J connectivity index is 2.13. The number of aryl methyl sites for hydroxylation is 2. The average molecular weight is 265 g/mol. The molecular formula is C12H15N3O2S. The van der Waals surface area contributed by atoms with E-state index in [0.717, 1.165) is 18.7 Å². The highest BCUT2D eigenvalue weighted by molar-refractivity contribution is 7.07. The van der Waals surface area contributed by atoms with Crippen molar-refractivity contribution in [2.24, 2.45) is 0 Å². The number of hydrogen-bond acceptors (Lipinski definition) is 5. The van der Waals surface area contributed by atoms with E-state index in [1.807, 2.05) is 6.92 Å². The molecule has 0 aliphatic rings. The van der Waals surface area contributed by atoms with E-state index in [4.69, 9.17) is 0 Å². The Kier molecular flexibility index (Phi) is 4.09. The van der Waals surface area contributed by atoms with E-state index >= 15 is 0 Å². The van der Waals surface area contributed by atoms with Gasteiger partial charge in [0.15, 0.2) is 5.69 Å². The lowest BCUT2D eigenvalue weighted by Crippen LogP contribution is -2.10. The largest absolute Gasteiger partial charge is 0.464 e. The maximum atomic E-state index is 11.5. The molecule has 2 rings (SSSR count). The van der Waals surface area contributed by atoms with Gasteiger partial charge in [0.1, 0.15) is 0 Å². The van der Waals surface area contributed by atoms with Crippen LogP contribution in [0, 0.1) is 0 Å². The van der Waals surface area contributed by atoms with E-state index < -0.39 is 5.97 Å². The van der Waals surface area contributed by atoms with Crippen molar-refractivity contribution in [1.82, 2.24) is 15.0 Å². The van der Waals surface area contributed by atoms with Gasteiger partial charge < -0.3 is 4.74 Å². The van der Waals surface area contributed by atoms with Crippen LogP contribution in [0.2, 0.25) is 0 Å². The normalized spacial score (nSPS) is 10.6. The summed E-state index contributed by atoms with van der Waals surface area (Å²) < 4.78 is 6.47. The van der Waals surface area contributed by atoms with Crippen molar-refractivity contribution in [3.63, 3.8) is 0 Å². The summed E-state index contributed by atoms with van der Waals surface area (Å²) in [5.74, 6) is -0.423. The first kappa shape index (κ1) is 12.8. The van der Waals surface area contributed by atoms with Crippen LogP contribution in [-0.2, 0) is 24.1 Å². The van der Waals surface area contributed by atoms with Gasteiger partial charge in [0.2, 0.25) is 0 Å². The third-order valence-corrected chi connectivity index (χ3v) is 3.48. The van der Waals surface area contributed by atoms with Crippen LogP contribution in [0.4, 0.5) is 0 Å². The molecule has 5 nitrogen and oxygen atoms in total. The van der Waals surface area contributed by atoms with Crippen LogP contribution < -0.4 is 0 Å². The van der Waals surface area contributed by atoms with Crippen molar-refractivity contribution in [1.29, 1.82) is 0 Å². The standard InChI is InChI=1S/C12H15N3O2S/c1-3-10-11(12(16)17-2)13-14-15(10)6-4-9-5-7-18-8-9/h5,7-8H,3-4,6H2,1-2H3. The Morgan fingerprint density at radius 1 is 1.56 bits per heavy atom. The number of rotatable bonds is 5. The molecule has 0 bridgehead atoms. The number of ether oxygens (including phenoxy) is 1. The number of thiophene rings is 1. The van der Waals surface area contributed by atoms with Gasteiger partial charge in [-0.25, -0.2) is 9.48 Å². The summed E-state index contributed by atoms with van der Waals surface area (Å²) in [5, 5.41) is 12.1. The van der Waals surface area contributed by atoms with Gasteiger partial charge in [-0.15, -0.1) is 5.10 Å². The Morgan fingerprint density at radius 2 is 2.39 bits per heavy atom. The molecule has 0 aromatic carbocycles. The maximum absolute atomic E-state index is 11.5. The zero-order chi connectivity index (χ0) is 13.0. The smallest absolute Gasteiger partial charge is 0.360 e. The summed E-state index contributed by atoms with van der Waals surface area (Å²) in [4.78, 5) is 11.5. The highest BCUT2D eigenvalue weighted by Crippen LogP contribution is 2.11. The molecule has 6 heteroatoms. The maximum Gasteiger partial charge on any atom is 0.360 e. The minimum absolute atomic E-state index is 0.324. The number of carbonyl (C=O) groups excluding carboxylic acids is 1. The third-order valence-electron chi connectivity index (χ3n) is 2.74. The Labute approximate surface area is 109 Å². The Hall–Kier alpha value is -1.69. The number of aromatic nitrogens is 3. The topological polar surface area (TPSA) is 57.0 Å². The van der Waals surface area contributed by atoms with Gasteiger partial charge in [-0.05, 0) is 35.2 Å². The first-order chi connectivity index (χ1) is 8.76. The summed E-state index contributed by atoms with van der Waals surface area (Å²) in [6.07, 6.45) is 1.60. The minimum atomic E-state index is -0.423. The first-order valence-corrected chi connectivity index (χ1v) is 6.72. The lowest BCUT2D eigenvalue weighted by Gasteiger charge is -2.04. The fourth-order valence-corrected chi connectivity index (χ4v) is 2.49. The lowest BCUT2D eigenvalue weighted by molar-refractivity contribution is 0.0592. The van der Waals surface area contributed by atoms with Crippen molar-refractivity contribution in [2.45, 2.75) is 26.3 Å². The highest BCUT2D eigenvalue weighted by atomic mass is 32.1. The molecule has 0 aliphatic heterocycles. The molecule has 0 aliphatic carbocycles. The molecule has 0 radical (unpaired) electrons.